The summed E-state index contributed by atoms with van der Waals surface area (Å²) in [7, 11) is 0. The van der Waals surface area contributed by atoms with Crippen molar-refractivity contribution in [3.05, 3.63) is 160 Å². The number of halogens is 2. The molecule has 0 radical (unpaired) electrons. The third-order valence-electron chi connectivity index (χ3n) is 7.65. The van der Waals surface area contributed by atoms with E-state index in [4.69, 9.17) is 0 Å². The summed E-state index contributed by atoms with van der Waals surface area (Å²) in [4.78, 5) is 0. The molecule has 0 N–H and O–H groups in total. The van der Waals surface area contributed by atoms with Gasteiger partial charge in [0.1, 0.15) is 0 Å². The van der Waals surface area contributed by atoms with E-state index in [0.29, 0.717) is 0 Å². The van der Waals surface area contributed by atoms with Crippen LogP contribution in [0.15, 0.2) is 109 Å². The van der Waals surface area contributed by atoms with E-state index in [-0.39, 0.29) is 35.6 Å². The zero-order valence-electron chi connectivity index (χ0n) is 27.4. The minimum absolute atomic E-state index is 0. The molecular weight excluding hydrogens is 655 g/mol. The molecule has 6 rings (SSSR count). The van der Waals surface area contributed by atoms with Gasteiger partial charge in [-0.05, 0) is 28.4 Å². The number of aryl methyl sites for hydroxylation is 2. The van der Waals surface area contributed by atoms with Gasteiger partial charge in [-0.1, -0.05) is 79.2 Å². The molecule has 0 saturated carbocycles. The van der Waals surface area contributed by atoms with Crippen molar-refractivity contribution in [2.75, 3.05) is 0 Å². The number of hydrogen-bond acceptors (Lipinski definition) is 0. The second kappa shape index (κ2) is 16.2. The predicted molar refractivity (Wildman–Crippen MR) is 179 cm³/mol. The van der Waals surface area contributed by atoms with Gasteiger partial charge in [0.05, 0.1) is 0 Å². The summed E-state index contributed by atoms with van der Waals surface area (Å²) in [6, 6.07) is 42.7. The van der Waals surface area contributed by atoms with Crippen molar-refractivity contribution < 1.29 is 49.0 Å². The quantitative estimate of drug-likeness (QED) is 0.234. The summed E-state index contributed by atoms with van der Waals surface area (Å²) in [6.07, 6.45) is 1.03. The zero-order chi connectivity index (χ0) is 30.5. The summed E-state index contributed by atoms with van der Waals surface area (Å²) >= 11 is 1.46. The SMILES string of the molecule is CC(C)(C)c1[c-]c2c(cc1)-c1ccc(C(C)(C)C)cc1C2.Cc1c[cH-]c(C)c1.[Cl-].[Cl-].[Zr+2]=[C](c1ccccc1)c1ccccc1. The molecule has 0 unspecified atom stereocenters. The third-order valence-corrected chi connectivity index (χ3v) is 9.07. The summed E-state index contributed by atoms with van der Waals surface area (Å²) < 4.78 is 1.42. The molecule has 0 bridgehead atoms. The first-order valence-corrected chi connectivity index (χ1v) is 16.1. The van der Waals surface area contributed by atoms with E-state index < -0.39 is 0 Å². The Bertz CT molecular complexity index is 1510. The van der Waals surface area contributed by atoms with Crippen LogP contribution in [0.5, 0.6) is 0 Å². The summed E-state index contributed by atoms with van der Waals surface area (Å²) in [6.45, 7) is 17.8. The van der Waals surface area contributed by atoms with Gasteiger partial charge in [-0.15, -0.1) is 11.1 Å². The Morgan fingerprint density at radius 1 is 0.682 bits per heavy atom. The molecule has 1 aliphatic rings. The van der Waals surface area contributed by atoms with Crippen LogP contribution < -0.4 is 24.8 Å². The molecule has 5 aromatic carbocycles. The third kappa shape index (κ3) is 10.0. The maximum absolute atomic E-state index is 3.67. The van der Waals surface area contributed by atoms with Gasteiger partial charge in [-0.2, -0.15) is 41.5 Å². The van der Waals surface area contributed by atoms with Crippen molar-refractivity contribution in [1.82, 2.24) is 0 Å². The molecule has 0 spiro atoms. The van der Waals surface area contributed by atoms with Crippen molar-refractivity contribution in [2.24, 2.45) is 0 Å². The molecule has 0 heterocycles. The van der Waals surface area contributed by atoms with Crippen LogP contribution >= 0.6 is 0 Å². The molecule has 3 heteroatoms. The van der Waals surface area contributed by atoms with E-state index >= 15 is 0 Å². The first-order chi connectivity index (χ1) is 19.8. The summed E-state index contributed by atoms with van der Waals surface area (Å²) in [5.41, 5.74) is 14.1. The molecule has 1 aliphatic carbocycles. The van der Waals surface area contributed by atoms with Gasteiger partial charge in [0.25, 0.3) is 0 Å². The fourth-order valence-corrected chi connectivity index (χ4v) is 5.94. The van der Waals surface area contributed by atoms with Gasteiger partial charge in [-0.3, -0.25) is 0 Å². The van der Waals surface area contributed by atoms with Crippen LogP contribution in [0.25, 0.3) is 11.1 Å². The monoisotopic (exact) mass is 696 g/mol. The number of hydrogen-bond donors (Lipinski definition) is 0. The van der Waals surface area contributed by atoms with Gasteiger partial charge in [0.15, 0.2) is 0 Å². The van der Waals surface area contributed by atoms with Crippen LogP contribution in [0.2, 0.25) is 0 Å². The Labute approximate surface area is 293 Å². The summed E-state index contributed by atoms with van der Waals surface area (Å²) in [5, 5.41) is 0. The van der Waals surface area contributed by atoms with Crippen LogP contribution in [-0.4, -0.2) is 3.21 Å². The van der Waals surface area contributed by atoms with Crippen LogP contribution in [0.3, 0.4) is 0 Å². The number of rotatable bonds is 2. The Balaban J connectivity index is 0.000000253. The normalized spacial score (nSPS) is 11.3. The van der Waals surface area contributed by atoms with E-state index in [1.165, 1.54) is 83.1 Å². The summed E-state index contributed by atoms with van der Waals surface area (Å²) in [5.74, 6) is 0. The average molecular weight is 699 g/mol. The molecule has 0 nitrogen and oxygen atoms in total. The van der Waals surface area contributed by atoms with E-state index in [0.717, 1.165) is 6.42 Å². The molecule has 5 aromatic rings. The van der Waals surface area contributed by atoms with Crippen molar-refractivity contribution in [2.45, 2.75) is 72.6 Å². The topological polar surface area (TPSA) is 0 Å². The first-order valence-electron chi connectivity index (χ1n) is 14.9. The minimum atomic E-state index is 0. The van der Waals surface area contributed by atoms with E-state index in [1.54, 1.807) is 0 Å². The van der Waals surface area contributed by atoms with Crippen LogP contribution in [0.1, 0.15) is 86.1 Å². The second-order valence-corrected chi connectivity index (χ2v) is 14.6. The molecule has 0 aromatic heterocycles. The second-order valence-electron chi connectivity index (χ2n) is 13.4. The van der Waals surface area contributed by atoms with Gasteiger partial charge >= 0.3 is 99.2 Å². The molecular formula is C41H44Cl2Zr-2. The van der Waals surface area contributed by atoms with E-state index in [9.17, 15) is 0 Å². The van der Waals surface area contributed by atoms with Crippen LogP contribution in [0, 0.1) is 19.9 Å². The Kier molecular flexibility index (Phi) is 13.9. The number of fused-ring (bicyclic) bond motifs is 3. The molecule has 0 amide bonds. The van der Waals surface area contributed by atoms with Crippen molar-refractivity contribution in [3.63, 3.8) is 0 Å². The van der Waals surface area contributed by atoms with E-state index in [1.807, 2.05) is 0 Å². The predicted octanol–water partition coefficient (Wildman–Crippen LogP) is 4.49. The fourth-order valence-electron chi connectivity index (χ4n) is 5.12. The fraction of sp³-hybridized carbons (Fsp3) is 0.268. The van der Waals surface area contributed by atoms with E-state index in [2.05, 4.69) is 171 Å². The zero-order valence-corrected chi connectivity index (χ0v) is 31.3. The number of benzene rings is 4. The maximum atomic E-state index is 3.67. The molecule has 0 saturated heterocycles. The first kappa shape index (κ1) is 37.7. The van der Waals surface area contributed by atoms with Crippen LogP contribution in [-0.2, 0) is 41.5 Å². The van der Waals surface area contributed by atoms with Gasteiger partial charge < -0.3 is 24.8 Å². The van der Waals surface area contributed by atoms with Crippen molar-refractivity contribution in [3.8, 4) is 11.1 Å². The molecule has 0 atom stereocenters. The Hall–Kier alpha value is -2.44. The molecule has 0 fully saturated rings. The molecule has 0 aliphatic heterocycles. The Morgan fingerprint density at radius 2 is 1.23 bits per heavy atom. The molecule has 228 valence electrons. The van der Waals surface area contributed by atoms with Gasteiger partial charge in [0, 0.05) is 0 Å². The van der Waals surface area contributed by atoms with Gasteiger partial charge in [-0.25, -0.2) is 11.6 Å². The Morgan fingerprint density at radius 3 is 1.66 bits per heavy atom. The standard InChI is InChI=1S/C21H25.C13H10.C7H9.2ClH.Zr/c1-20(2,3)16-7-9-18-14(12-16)11-15-13-17(21(4,5)6)8-10-19(15)18;1-3-7-12(8-4-1)11-13-9-5-2-6-10-13;1-6-3-4-7(2)5-6;;;/h7-10,12H,11H2,1-6H3;1-10H;3-5H,1-2H3;2*1H;/q-1;;-1;;;+2/p-2. The van der Waals surface area contributed by atoms with Crippen LogP contribution in [0.4, 0.5) is 0 Å². The van der Waals surface area contributed by atoms with Crippen molar-refractivity contribution >= 4 is 3.21 Å². The van der Waals surface area contributed by atoms with Gasteiger partial charge in [0.2, 0.25) is 0 Å². The molecule has 44 heavy (non-hydrogen) atoms. The van der Waals surface area contributed by atoms with Crippen molar-refractivity contribution in [1.29, 1.82) is 0 Å². The average Bonchev–Trinajstić information content (AvgIpc) is 3.53.